The summed E-state index contributed by atoms with van der Waals surface area (Å²) < 4.78 is 9.44. The van der Waals surface area contributed by atoms with Gasteiger partial charge in [0.1, 0.15) is 0 Å². The van der Waals surface area contributed by atoms with Crippen LogP contribution in [0.25, 0.3) is 0 Å². The maximum atomic E-state index is 11.3. The molecular weight excluding hydrogens is 210 g/mol. The molecule has 1 unspecified atom stereocenters. The van der Waals surface area contributed by atoms with Crippen LogP contribution >= 0.6 is 0 Å². The van der Waals surface area contributed by atoms with Gasteiger partial charge in [-0.15, -0.1) is 0 Å². The molecule has 0 radical (unpaired) electrons. The number of carbonyl (C=O) groups excluding carboxylic acids is 2. The van der Waals surface area contributed by atoms with Gasteiger partial charge in [-0.1, -0.05) is 18.2 Å². The number of nitrogens with one attached hydrogen (secondary N) is 1. The van der Waals surface area contributed by atoms with Gasteiger partial charge in [-0.25, -0.2) is 9.59 Å². The first kappa shape index (κ1) is 10.2. The number of cyclic esters (lactones) is 1. The number of rotatable bonds is 2. The third-order valence-electron chi connectivity index (χ3n) is 1.87. The highest BCUT2D eigenvalue weighted by atomic mass is 16.7. The highest BCUT2D eigenvalue weighted by Crippen LogP contribution is 2.09. The number of esters is 1. The normalized spacial score (nSPS) is 18.0. The van der Waals surface area contributed by atoms with Crippen molar-refractivity contribution in [2.75, 3.05) is 5.32 Å². The molecule has 0 fully saturated rings. The molecule has 16 heavy (non-hydrogen) atoms. The number of hydrogen-bond acceptors (Lipinski definition) is 4. The second kappa shape index (κ2) is 4.48. The summed E-state index contributed by atoms with van der Waals surface area (Å²) in [5.41, 5.74) is 0.612. The zero-order chi connectivity index (χ0) is 11.4. The van der Waals surface area contributed by atoms with Crippen LogP contribution in [0.5, 0.6) is 0 Å². The Morgan fingerprint density at radius 1 is 1.31 bits per heavy atom. The van der Waals surface area contributed by atoms with Gasteiger partial charge in [0, 0.05) is 17.8 Å². The zero-order valence-electron chi connectivity index (χ0n) is 8.25. The smallest absolute Gasteiger partial charge is 0.414 e. The van der Waals surface area contributed by atoms with Crippen molar-refractivity contribution in [1.82, 2.24) is 0 Å². The fourth-order valence-electron chi connectivity index (χ4n) is 1.19. The number of ether oxygens (including phenoxy) is 2. The van der Waals surface area contributed by atoms with Crippen molar-refractivity contribution in [2.45, 2.75) is 6.29 Å². The molecule has 5 nitrogen and oxygen atoms in total. The molecule has 2 rings (SSSR count). The standard InChI is InChI=1S/C11H9NO4/c13-9-6-7-10(15-9)16-11(14)12-8-4-2-1-3-5-8/h1-7,10H,(H,12,14). The summed E-state index contributed by atoms with van der Waals surface area (Å²) in [4.78, 5) is 22.0. The van der Waals surface area contributed by atoms with E-state index in [1.807, 2.05) is 6.07 Å². The van der Waals surface area contributed by atoms with E-state index in [0.29, 0.717) is 5.69 Å². The highest BCUT2D eigenvalue weighted by molar-refractivity contribution is 5.86. The molecular formula is C11H9NO4. The topological polar surface area (TPSA) is 64.6 Å². The van der Waals surface area contributed by atoms with Crippen molar-refractivity contribution in [3.05, 3.63) is 42.5 Å². The van der Waals surface area contributed by atoms with Crippen molar-refractivity contribution in [3.63, 3.8) is 0 Å². The van der Waals surface area contributed by atoms with Crippen molar-refractivity contribution in [1.29, 1.82) is 0 Å². The van der Waals surface area contributed by atoms with Gasteiger partial charge in [-0.3, -0.25) is 5.32 Å². The summed E-state index contributed by atoms with van der Waals surface area (Å²) in [6, 6.07) is 8.84. The van der Waals surface area contributed by atoms with Gasteiger partial charge >= 0.3 is 12.1 Å². The van der Waals surface area contributed by atoms with E-state index in [-0.39, 0.29) is 0 Å². The summed E-state index contributed by atoms with van der Waals surface area (Å²) in [7, 11) is 0. The molecule has 0 spiro atoms. The van der Waals surface area contributed by atoms with Gasteiger partial charge in [0.15, 0.2) is 0 Å². The minimum Gasteiger partial charge on any atom is -0.418 e. The second-order valence-electron chi connectivity index (χ2n) is 3.06. The Labute approximate surface area is 91.7 Å². The van der Waals surface area contributed by atoms with E-state index >= 15 is 0 Å². The number of para-hydroxylation sites is 1. The molecule has 1 aliphatic rings. The monoisotopic (exact) mass is 219 g/mol. The largest absolute Gasteiger partial charge is 0.418 e. The van der Waals surface area contributed by atoms with Crippen molar-refractivity contribution in [3.8, 4) is 0 Å². The van der Waals surface area contributed by atoms with Crippen LogP contribution in [0, 0.1) is 0 Å². The maximum Gasteiger partial charge on any atom is 0.414 e. The fraction of sp³-hybridized carbons (Fsp3) is 0.0909. The molecule has 82 valence electrons. The van der Waals surface area contributed by atoms with E-state index in [2.05, 4.69) is 10.1 Å². The van der Waals surface area contributed by atoms with Gasteiger partial charge in [-0.2, -0.15) is 0 Å². The van der Waals surface area contributed by atoms with Crippen LogP contribution in [0.3, 0.4) is 0 Å². The van der Waals surface area contributed by atoms with Crippen LogP contribution in [0.1, 0.15) is 0 Å². The van der Waals surface area contributed by atoms with Gasteiger partial charge in [0.25, 0.3) is 6.29 Å². The first-order chi connectivity index (χ1) is 7.74. The number of benzene rings is 1. The molecule has 1 heterocycles. The minimum atomic E-state index is -0.934. The molecule has 0 bridgehead atoms. The number of carbonyl (C=O) groups is 2. The Morgan fingerprint density at radius 3 is 2.69 bits per heavy atom. The Hall–Kier alpha value is -2.30. The molecule has 0 aromatic heterocycles. The molecule has 0 saturated carbocycles. The second-order valence-corrected chi connectivity index (χ2v) is 3.06. The summed E-state index contributed by atoms with van der Waals surface area (Å²) in [6.07, 6.45) is 0.972. The third kappa shape index (κ3) is 2.60. The van der Waals surface area contributed by atoms with E-state index in [1.54, 1.807) is 24.3 Å². The van der Waals surface area contributed by atoms with Crippen molar-refractivity contribution in [2.24, 2.45) is 0 Å². The molecule has 1 aromatic rings. The Morgan fingerprint density at radius 2 is 2.06 bits per heavy atom. The SMILES string of the molecule is O=C1C=CC(OC(=O)Nc2ccccc2)O1. The number of amides is 1. The quantitative estimate of drug-likeness (QED) is 0.768. The van der Waals surface area contributed by atoms with Crippen LogP contribution in [-0.4, -0.2) is 18.4 Å². The van der Waals surface area contributed by atoms with E-state index < -0.39 is 18.4 Å². The van der Waals surface area contributed by atoms with Crippen molar-refractivity contribution < 1.29 is 19.1 Å². The molecule has 5 heteroatoms. The predicted molar refractivity (Wildman–Crippen MR) is 55.6 cm³/mol. The van der Waals surface area contributed by atoms with Crippen LogP contribution in [-0.2, 0) is 14.3 Å². The summed E-state index contributed by atoms with van der Waals surface area (Å²) in [5.74, 6) is -0.516. The number of hydrogen-bond donors (Lipinski definition) is 1. The average molecular weight is 219 g/mol. The predicted octanol–water partition coefficient (Wildman–Crippen LogP) is 1.67. The van der Waals surface area contributed by atoms with Gasteiger partial charge in [-0.05, 0) is 12.1 Å². The third-order valence-corrected chi connectivity index (χ3v) is 1.87. The molecule has 0 saturated heterocycles. The lowest BCUT2D eigenvalue weighted by Gasteiger charge is -2.10. The lowest BCUT2D eigenvalue weighted by atomic mass is 10.3. The maximum absolute atomic E-state index is 11.3. The van der Waals surface area contributed by atoms with Crippen LogP contribution in [0.4, 0.5) is 10.5 Å². The Balaban J connectivity index is 1.86. The summed E-state index contributed by atoms with van der Waals surface area (Å²) >= 11 is 0. The lowest BCUT2D eigenvalue weighted by Crippen LogP contribution is -2.22. The fourth-order valence-corrected chi connectivity index (χ4v) is 1.19. The number of anilines is 1. The van der Waals surface area contributed by atoms with E-state index in [0.717, 1.165) is 0 Å². The Kier molecular flexibility index (Phi) is 2.86. The summed E-state index contributed by atoms with van der Waals surface area (Å²) in [6.45, 7) is 0. The average Bonchev–Trinajstić information content (AvgIpc) is 2.65. The van der Waals surface area contributed by atoms with Crippen molar-refractivity contribution >= 4 is 17.7 Å². The summed E-state index contributed by atoms with van der Waals surface area (Å²) in [5, 5.41) is 2.50. The van der Waals surface area contributed by atoms with Gasteiger partial charge in [0.2, 0.25) is 0 Å². The molecule has 1 amide bonds. The zero-order valence-corrected chi connectivity index (χ0v) is 8.25. The first-order valence-corrected chi connectivity index (χ1v) is 4.65. The molecule has 0 aliphatic carbocycles. The van der Waals surface area contributed by atoms with Crippen LogP contribution in [0.15, 0.2) is 42.5 Å². The lowest BCUT2D eigenvalue weighted by molar-refractivity contribution is -0.150. The van der Waals surface area contributed by atoms with E-state index in [9.17, 15) is 9.59 Å². The van der Waals surface area contributed by atoms with Crippen LogP contribution < -0.4 is 5.32 Å². The van der Waals surface area contributed by atoms with Gasteiger partial charge < -0.3 is 9.47 Å². The molecule has 1 aromatic carbocycles. The van der Waals surface area contributed by atoms with Crippen LogP contribution in [0.2, 0.25) is 0 Å². The first-order valence-electron chi connectivity index (χ1n) is 4.65. The van der Waals surface area contributed by atoms with E-state index in [1.165, 1.54) is 12.2 Å². The molecule has 1 aliphatic heterocycles. The Bertz CT molecular complexity index is 427. The van der Waals surface area contributed by atoms with E-state index in [4.69, 9.17) is 4.74 Å². The minimum absolute atomic E-state index is 0.516. The molecule has 1 N–H and O–H groups in total. The van der Waals surface area contributed by atoms with Gasteiger partial charge in [0.05, 0.1) is 0 Å². The highest BCUT2D eigenvalue weighted by Gasteiger charge is 2.20. The molecule has 1 atom stereocenters.